The van der Waals surface area contributed by atoms with Gasteiger partial charge < -0.3 is 11.1 Å². The molecule has 0 atom stereocenters. The first-order chi connectivity index (χ1) is 8.29. The summed E-state index contributed by atoms with van der Waals surface area (Å²) in [5, 5.41) is 3.66. The van der Waals surface area contributed by atoms with Gasteiger partial charge in [-0.3, -0.25) is 4.79 Å². The lowest BCUT2D eigenvalue weighted by atomic mass is 10.3. The van der Waals surface area contributed by atoms with Gasteiger partial charge >= 0.3 is 0 Å². The summed E-state index contributed by atoms with van der Waals surface area (Å²) < 4.78 is 1.13. The second-order valence-corrected chi connectivity index (χ2v) is 4.55. The van der Waals surface area contributed by atoms with Gasteiger partial charge in [-0.15, -0.1) is 11.3 Å². The van der Waals surface area contributed by atoms with E-state index in [1.165, 1.54) is 6.08 Å². The quantitative estimate of drug-likeness (QED) is 0.803. The standard InChI is InChI=1S/C12H13N3OS/c13-7-3-6-11(16)14-8-12-15-9-4-1-2-5-10(9)17-12/h1-6H,7-8,13H2,(H,14,16)/b6-3+. The maximum absolute atomic E-state index is 11.3. The zero-order valence-electron chi connectivity index (χ0n) is 9.22. The monoisotopic (exact) mass is 247 g/mol. The van der Waals surface area contributed by atoms with Crippen LogP contribution < -0.4 is 11.1 Å². The zero-order valence-corrected chi connectivity index (χ0v) is 10.0. The van der Waals surface area contributed by atoms with Gasteiger partial charge in [-0.05, 0) is 12.1 Å². The molecule has 1 amide bonds. The number of benzene rings is 1. The zero-order chi connectivity index (χ0) is 12.1. The van der Waals surface area contributed by atoms with Crippen LogP contribution in [0.3, 0.4) is 0 Å². The molecule has 5 heteroatoms. The topological polar surface area (TPSA) is 68.0 Å². The van der Waals surface area contributed by atoms with Gasteiger partial charge in [-0.1, -0.05) is 18.2 Å². The minimum atomic E-state index is -0.144. The normalized spacial score (nSPS) is 11.1. The molecule has 1 heterocycles. The number of nitrogens with two attached hydrogens (primary N) is 1. The van der Waals surface area contributed by atoms with Gasteiger partial charge in [0.2, 0.25) is 5.91 Å². The Morgan fingerprint density at radius 1 is 1.47 bits per heavy atom. The first-order valence-corrected chi connectivity index (χ1v) is 6.10. The van der Waals surface area contributed by atoms with Crippen molar-refractivity contribution < 1.29 is 4.79 Å². The Kier molecular flexibility index (Phi) is 3.85. The Morgan fingerprint density at radius 2 is 2.29 bits per heavy atom. The van der Waals surface area contributed by atoms with Crippen molar-refractivity contribution in [2.24, 2.45) is 5.73 Å². The molecule has 2 rings (SSSR count). The van der Waals surface area contributed by atoms with E-state index in [1.54, 1.807) is 17.4 Å². The average Bonchev–Trinajstić information content (AvgIpc) is 2.76. The number of fused-ring (bicyclic) bond motifs is 1. The van der Waals surface area contributed by atoms with Crippen LogP contribution in [0.4, 0.5) is 0 Å². The summed E-state index contributed by atoms with van der Waals surface area (Å²) in [6.07, 6.45) is 3.06. The molecule has 2 aromatic rings. The van der Waals surface area contributed by atoms with E-state index >= 15 is 0 Å². The number of amides is 1. The van der Waals surface area contributed by atoms with Crippen molar-refractivity contribution >= 4 is 27.5 Å². The van der Waals surface area contributed by atoms with Crippen molar-refractivity contribution in [1.82, 2.24) is 10.3 Å². The van der Waals surface area contributed by atoms with Crippen molar-refractivity contribution in [3.63, 3.8) is 0 Å². The number of nitrogens with zero attached hydrogens (tertiary/aromatic N) is 1. The minimum Gasteiger partial charge on any atom is -0.346 e. The van der Waals surface area contributed by atoms with Gasteiger partial charge in [-0.2, -0.15) is 0 Å². The molecule has 3 N–H and O–H groups in total. The molecule has 0 aliphatic heterocycles. The van der Waals surface area contributed by atoms with Crippen LogP contribution in [-0.2, 0) is 11.3 Å². The average molecular weight is 247 g/mol. The van der Waals surface area contributed by atoms with E-state index in [0.717, 1.165) is 15.2 Å². The number of carbonyl (C=O) groups is 1. The van der Waals surface area contributed by atoms with E-state index in [1.807, 2.05) is 24.3 Å². The molecule has 4 nitrogen and oxygen atoms in total. The Balaban J connectivity index is 1.99. The lowest BCUT2D eigenvalue weighted by Gasteiger charge is -1.97. The summed E-state index contributed by atoms with van der Waals surface area (Å²) in [7, 11) is 0. The van der Waals surface area contributed by atoms with E-state index in [-0.39, 0.29) is 5.91 Å². The smallest absolute Gasteiger partial charge is 0.244 e. The molecule has 1 aromatic heterocycles. The number of rotatable bonds is 4. The van der Waals surface area contributed by atoms with Crippen molar-refractivity contribution in [1.29, 1.82) is 0 Å². The molecule has 0 radical (unpaired) electrons. The first kappa shape index (κ1) is 11.8. The molecule has 88 valence electrons. The van der Waals surface area contributed by atoms with Crippen molar-refractivity contribution in [2.75, 3.05) is 6.54 Å². The summed E-state index contributed by atoms with van der Waals surface area (Å²) in [6, 6.07) is 7.92. The number of carbonyl (C=O) groups excluding carboxylic acids is 1. The van der Waals surface area contributed by atoms with Gasteiger partial charge in [0.1, 0.15) is 5.01 Å². The van der Waals surface area contributed by atoms with Gasteiger partial charge in [0.25, 0.3) is 0 Å². The number of hydrogen-bond donors (Lipinski definition) is 2. The van der Waals surface area contributed by atoms with E-state index < -0.39 is 0 Å². The largest absolute Gasteiger partial charge is 0.346 e. The van der Waals surface area contributed by atoms with Crippen LogP contribution in [0.25, 0.3) is 10.2 Å². The van der Waals surface area contributed by atoms with Crippen LogP contribution in [0.2, 0.25) is 0 Å². The molecule has 0 aliphatic carbocycles. The maximum atomic E-state index is 11.3. The molecule has 0 saturated heterocycles. The molecule has 0 aliphatic rings. The van der Waals surface area contributed by atoms with Crippen LogP contribution in [0.15, 0.2) is 36.4 Å². The Morgan fingerprint density at radius 3 is 3.06 bits per heavy atom. The molecule has 1 aromatic carbocycles. The van der Waals surface area contributed by atoms with Gasteiger partial charge in [0, 0.05) is 12.6 Å². The van der Waals surface area contributed by atoms with E-state index in [2.05, 4.69) is 10.3 Å². The lowest BCUT2D eigenvalue weighted by Crippen LogP contribution is -2.20. The second-order valence-electron chi connectivity index (χ2n) is 3.43. The number of hydrogen-bond acceptors (Lipinski definition) is 4. The maximum Gasteiger partial charge on any atom is 0.244 e. The summed E-state index contributed by atoms with van der Waals surface area (Å²) >= 11 is 1.59. The van der Waals surface area contributed by atoms with Crippen LogP contribution in [-0.4, -0.2) is 17.4 Å². The van der Waals surface area contributed by atoms with Gasteiger partial charge in [0.15, 0.2) is 0 Å². The highest BCUT2D eigenvalue weighted by Crippen LogP contribution is 2.21. The Labute approximate surface area is 103 Å². The highest BCUT2D eigenvalue weighted by atomic mass is 32.1. The summed E-state index contributed by atoms with van der Waals surface area (Å²) in [5.74, 6) is -0.144. The van der Waals surface area contributed by atoms with Crippen LogP contribution >= 0.6 is 11.3 Å². The summed E-state index contributed by atoms with van der Waals surface area (Å²) in [4.78, 5) is 15.7. The number of thiazole rings is 1. The van der Waals surface area contributed by atoms with Crippen molar-refractivity contribution in [2.45, 2.75) is 6.54 Å². The Bertz CT molecular complexity index is 514. The predicted molar refractivity (Wildman–Crippen MR) is 69.7 cm³/mol. The molecule has 17 heavy (non-hydrogen) atoms. The summed E-state index contributed by atoms with van der Waals surface area (Å²) in [5.41, 5.74) is 6.23. The molecule has 0 fully saturated rings. The van der Waals surface area contributed by atoms with Crippen LogP contribution in [0, 0.1) is 0 Å². The van der Waals surface area contributed by atoms with E-state index in [4.69, 9.17) is 5.73 Å². The second kappa shape index (κ2) is 5.56. The molecule has 0 bridgehead atoms. The van der Waals surface area contributed by atoms with Crippen molar-refractivity contribution in [3.05, 3.63) is 41.4 Å². The highest BCUT2D eigenvalue weighted by Gasteiger charge is 2.03. The van der Waals surface area contributed by atoms with E-state index in [9.17, 15) is 4.79 Å². The van der Waals surface area contributed by atoms with Crippen LogP contribution in [0.1, 0.15) is 5.01 Å². The predicted octanol–water partition coefficient (Wildman–Crippen LogP) is 1.43. The molecular weight excluding hydrogens is 234 g/mol. The SMILES string of the molecule is NC/C=C/C(=O)NCc1nc2ccccc2s1. The lowest BCUT2D eigenvalue weighted by molar-refractivity contribution is -0.116. The van der Waals surface area contributed by atoms with Crippen molar-refractivity contribution in [3.8, 4) is 0 Å². The fraction of sp³-hybridized carbons (Fsp3) is 0.167. The number of nitrogens with one attached hydrogen (secondary N) is 1. The molecule has 0 unspecified atom stereocenters. The third kappa shape index (κ3) is 3.12. The fourth-order valence-corrected chi connectivity index (χ4v) is 2.30. The highest BCUT2D eigenvalue weighted by molar-refractivity contribution is 7.18. The molecular formula is C12H13N3OS. The number of para-hydroxylation sites is 1. The number of aromatic nitrogens is 1. The van der Waals surface area contributed by atoms with Crippen LogP contribution in [0.5, 0.6) is 0 Å². The summed E-state index contributed by atoms with van der Waals surface area (Å²) in [6.45, 7) is 0.821. The van der Waals surface area contributed by atoms with Gasteiger partial charge in [0.05, 0.1) is 16.8 Å². The third-order valence-corrected chi connectivity index (χ3v) is 3.19. The Hall–Kier alpha value is -1.72. The molecule has 0 spiro atoms. The first-order valence-electron chi connectivity index (χ1n) is 5.28. The van der Waals surface area contributed by atoms with Gasteiger partial charge in [-0.25, -0.2) is 4.98 Å². The molecule has 0 saturated carbocycles. The third-order valence-electron chi connectivity index (χ3n) is 2.16. The fourth-order valence-electron chi connectivity index (χ4n) is 1.39. The van der Waals surface area contributed by atoms with E-state index in [0.29, 0.717) is 13.1 Å². The minimum absolute atomic E-state index is 0.144.